The van der Waals surface area contributed by atoms with Gasteiger partial charge in [-0.15, -0.1) is 10.2 Å². The number of ether oxygens (including phenoxy) is 1. The number of rotatable bonds is 5. The van der Waals surface area contributed by atoms with Crippen LogP contribution in [-0.4, -0.2) is 38.3 Å². The lowest BCUT2D eigenvalue weighted by Gasteiger charge is -2.25. The van der Waals surface area contributed by atoms with Gasteiger partial charge >= 0.3 is 0 Å². The van der Waals surface area contributed by atoms with E-state index in [4.69, 9.17) is 4.74 Å². The van der Waals surface area contributed by atoms with Crippen LogP contribution in [0.25, 0.3) is 11.4 Å². The van der Waals surface area contributed by atoms with Gasteiger partial charge in [-0.2, -0.15) is 0 Å². The molecule has 1 aromatic carbocycles. The highest BCUT2D eigenvalue weighted by Crippen LogP contribution is 2.36. The summed E-state index contributed by atoms with van der Waals surface area (Å²) in [6.45, 7) is 0.870. The number of nitrogens with zero attached hydrogens (tertiary/aromatic N) is 3. The molecule has 2 aromatic rings. The molecule has 1 N–H and O–H groups in total. The maximum absolute atomic E-state index is 9.52. The maximum atomic E-state index is 9.52. The van der Waals surface area contributed by atoms with Crippen molar-refractivity contribution in [2.45, 2.75) is 49.4 Å². The Bertz CT molecular complexity index is 661. The van der Waals surface area contributed by atoms with Crippen molar-refractivity contribution < 1.29 is 9.84 Å². The van der Waals surface area contributed by atoms with E-state index in [9.17, 15) is 5.11 Å². The van der Waals surface area contributed by atoms with Crippen molar-refractivity contribution >= 4 is 11.8 Å². The predicted octanol–water partition coefficient (Wildman–Crippen LogP) is 3.65. The molecule has 1 unspecified atom stereocenters. The van der Waals surface area contributed by atoms with Gasteiger partial charge in [-0.25, -0.2) is 0 Å². The molecule has 1 saturated heterocycles. The summed E-state index contributed by atoms with van der Waals surface area (Å²) < 4.78 is 7.63. The number of benzene rings is 1. The van der Waals surface area contributed by atoms with E-state index in [-0.39, 0.29) is 5.75 Å². The average Bonchev–Trinajstić information content (AvgIpc) is 3.33. The van der Waals surface area contributed by atoms with E-state index in [2.05, 4.69) is 14.8 Å². The van der Waals surface area contributed by atoms with Crippen LogP contribution in [0.2, 0.25) is 0 Å². The first-order valence-electron chi connectivity index (χ1n) is 8.30. The quantitative estimate of drug-likeness (QED) is 0.669. The van der Waals surface area contributed by atoms with Crippen LogP contribution >= 0.6 is 11.8 Å². The Balaban J connectivity index is 1.67. The second-order valence-corrected chi connectivity index (χ2v) is 7.27. The van der Waals surface area contributed by atoms with Crippen molar-refractivity contribution in [2.24, 2.45) is 0 Å². The Hall–Kier alpha value is -1.53. The Morgan fingerprint density at radius 1 is 1.13 bits per heavy atom. The monoisotopic (exact) mass is 331 g/mol. The fraction of sp³-hybridized carbons (Fsp3) is 0.529. The van der Waals surface area contributed by atoms with Gasteiger partial charge in [0, 0.05) is 17.4 Å². The molecule has 0 radical (unpaired) electrons. The third kappa shape index (κ3) is 3.38. The molecule has 1 aromatic heterocycles. The first-order valence-corrected chi connectivity index (χ1v) is 9.28. The predicted molar refractivity (Wildman–Crippen MR) is 89.7 cm³/mol. The molecule has 0 spiro atoms. The second kappa shape index (κ2) is 6.53. The summed E-state index contributed by atoms with van der Waals surface area (Å²) in [6.07, 6.45) is 6.63. The number of epoxide rings is 1. The molecule has 122 valence electrons. The highest BCUT2D eigenvalue weighted by atomic mass is 32.2. The molecule has 6 heteroatoms. The Kier molecular flexibility index (Phi) is 4.27. The number of hydrogen-bond acceptors (Lipinski definition) is 5. The molecular formula is C17H21N3O2S. The fourth-order valence-corrected chi connectivity index (χ4v) is 4.18. The van der Waals surface area contributed by atoms with Crippen molar-refractivity contribution in [1.29, 1.82) is 0 Å². The summed E-state index contributed by atoms with van der Waals surface area (Å²) in [6, 6.07) is 7.72. The van der Waals surface area contributed by atoms with Crippen molar-refractivity contribution in [1.82, 2.24) is 14.8 Å². The van der Waals surface area contributed by atoms with E-state index < -0.39 is 0 Å². The molecule has 1 aliphatic carbocycles. The zero-order valence-electron chi connectivity index (χ0n) is 13.0. The number of aromatic nitrogens is 3. The first-order chi connectivity index (χ1) is 11.3. The van der Waals surface area contributed by atoms with Gasteiger partial charge < -0.3 is 9.84 Å². The lowest BCUT2D eigenvalue weighted by Crippen LogP contribution is -2.15. The highest BCUT2D eigenvalue weighted by molar-refractivity contribution is 7.99. The minimum atomic E-state index is 0.276. The Morgan fingerprint density at radius 3 is 2.57 bits per heavy atom. The van der Waals surface area contributed by atoms with Gasteiger partial charge in [0.15, 0.2) is 11.0 Å². The summed E-state index contributed by atoms with van der Waals surface area (Å²) in [5, 5.41) is 19.4. The van der Waals surface area contributed by atoms with Crippen LogP contribution in [0.3, 0.4) is 0 Å². The smallest absolute Gasteiger partial charge is 0.191 e. The average molecular weight is 331 g/mol. The number of phenols is 1. The van der Waals surface area contributed by atoms with Crippen LogP contribution in [0.4, 0.5) is 0 Å². The molecule has 1 aliphatic heterocycles. The summed E-state index contributed by atoms with van der Waals surface area (Å²) in [5.41, 5.74) is 1.01. The largest absolute Gasteiger partial charge is 0.508 e. The summed E-state index contributed by atoms with van der Waals surface area (Å²) in [4.78, 5) is 0. The lowest BCUT2D eigenvalue weighted by atomic mass is 9.95. The van der Waals surface area contributed by atoms with Crippen LogP contribution in [0.5, 0.6) is 5.75 Å². The molecule has 0 amide bonds. The molecule has 4 rings (SSSR count). The minimum absolute atomic E-state index is 0.276. The van der Waals surface area contributed by atoms with Gasteiger partial charge in [-0.1, -0.05) is 31.0 Å². The van der Waals surface area contributed by atoms with Gasteiger partial charge in [-0.05, 0) is 37.1 Å². The minimum Gasteiger partial charge on any atom is -0.508 e. The zero-order chi connectivity index (χ0) is 15.6. The van der Waals surface area contributed by atoms with Gasteiger partial charge in [0.2, 0.25) is 0 Å². The topological polar surface area (TPSA) is 63.5 Å². The van der Waals surface area contributed by atoms with E-state index in [1.54, 1.807) is 23.9 Å². The Labute approximate surface area is 140 Å². The molecule has 2 fully saturated rings. The van der Waals surface area contributed by atoms with Gasteiger partial charge in [0.1, 0.15) is 5.75 Å². The standard InChI is InChI=1S/C17H21N3O2S/c21-14-8-6-12(7-9-14)16-18-19-17(23-11-15-10-22-15)20(16)13-4-2-1-3-5-13/h6-9,13,15,21H,1-5,10-11H2. The van der Waals surface area contributed by atoms with E-state index >= 15 is 0 Å². The SMILES string of the molecule is Oc1ccc(-c2nnc(SCC3CO3)n2C2CCCCC2)cc1. The van der Waals surface area contributed by atoms with Crippen LogP contribution in [0.1, 0.15) is 38.1 Å². The number of aromatic hydroxyl groups is 1. The van der Waals surface area contributed by atoms with E-state index in [1.165, 1.54) is 32.1 Å². The van der Waals surface area contributed by atoms with Gasteiger partial charge in [0.05, 0.1) is 12.7 Å². The first kappa shape index (κ1) is 15.0. The zero-order valence-corrected chi connectivity index (χ0v) is 13.8. The Morgan fingerprint density at radius 2 is 1.87 bits per heavy atom. The summed E-state index contributed by atoms with van der Waals surface area (Å²) >= 11 is 1.74. The molecule has 23 heavy (non-hydrogen) atoms. The van der Waals surface area contributed by atoms with Crippen LogP contribution in [0.15, 0.2) is 29.4 Å². The lowest BCUT2D eigenvalue weighted by molar-refractivity contribution is 0.339. The third-order valence-corrected chi connectivity index (χ3v) is 5.61. The summed E-state index contributed by atoms with van der Waals surface area (Å²) in [5.74, 6) is 2.13. The molecule has 0 bridgehead atoms. The van der Waals surface area contributed by atoms with Gasteiger partial charge in [0.25, 0.3) is 0 Å². The molecular weight excluding hydrogens is 310 g/mol. The van der Waals surface area contributed by atoms with Crippen molar-refractivity contribution in [2.75, 3.05) is 12.4 Å². The van der Waals surface area contributed by atoms with Crippen molar-refractivity contribution in [3.8, 4) is 17.1 Å². The van der Waals surface area contributed by atoms with Crippen LogP contribution < -0.4 is 0 Å². The number of thioether (sulfide) groups is 1. The number of hydrogen-bond donors (Lipinski definition) is 1. The highest BCUT2D eigenvalue weighted by Gasteiger charge is 2.27. The fourth-order valence-electron chi connectivity index (χ4n) is 3.18. The van der Waals surface area contributed by atoms with E-state index in [1.807, 2.05) is 12.1 Å². The molecule has 5 nitrogen and oxygen atoms in total. The van der Waals surface area contributed by atoms with Crippen LogP contribution in [-0.2, 0) is 4.74 Å². The van der Waals surface area contributed by atoms with Crippen molar-refractivity contribution in [3.63, 3.8) is 0 Å². The van der Waals surface area contributed by atoms with Crippen LogP contribution in [0, 0.1) is 0 Å². The molecule has 1 atom stereocenters. The summed E-state index contributed by atoms with van der Waals surface area (Å²) in [7, 11) is 0. The third-order valence-electron chi connectivity index (χ3n) is 4.53. The van der Waals surface area contributed by atoms with E-state index in [0.29, 0.717) is 12.1 Å². The van der Waals surface area contributed by atoms with Gasteiger partial charge in [-0.3, -0.25) is 4.57 Å². The molecule has 2 heterocycles. The normalized spacial score (nSPS) is 21.5. The van der Waals surface area contributed by atoms with Crippen molar-refractivity contribution in [3.05, 3.63) is 24.3 Å². The number of phenolic OH excluding ortho intramolecular Hbond substituents is 1. The maximum Gasteiger partial charge on any atom is 0.191 e. The molecule has 1 saturated carbocycles. The van der Waals surface area contributed by atoms with E-state index in [0.717, 1.165) is 28.9 Å². The second-order valence-electron chi connectivity index (χ2n) is 6.28. The molecule has 2 aliphatic rings.